The predicted molar refractivity (Wildman–Crippen MR) is 121 cm³/mol. The Morgan fingerprint density at radius 3 is 2.33 bits per heavy atom. The summed E-state index contributed by atoms with van der Waals surface area (Å²) in [5.41, 5.74) is 13.7. The van der Waals surface area contributed by atoms with Gasteiger partial charge in [-0.2, -0.15) is 0 Å². The highest BCUT2D eigenvalue weighted by Gasteiger charge is 2.34. The summed E-state index contributed by atoms with van der Waals surface area (Å²) in [7, 11) is 1.86. The average Bonchev–Trinajstić information content (AvgIpc) is 2.90. The molecule has 1 aliphatic carbocycles. The third-order valence-electron chi connectivity index (χ3n) is 6.68. The van der Waals surface area contributed by atoms with E-state index >= 15 is 0 Å². The first-order valence-corrected chi connectivity index (χ1v) is 10.8. The molecule has 4 heteroatoms. The first-order valence-electron chi connectivity index (χ1n) is 10.8. The SMILES string of the molecule is CN1C(=O)CCCc2nc(-c3ccc(C4(N)CCC4)cc3)c(-c3ccccc3)cc21. The van der Waals surface area contributed by atoms with Crippen LogP contribution in [0.4, 0.5) is 5.69 Å². The number of nitrogens with zero attached hydrogens (tertiary/aromatic N) is 2. The number of carbonyl (C=O) groups is 1. The molecule has 1 fully saturated rings. The van der Waals surface area contributed by atoms with Crippen molar-refractivity contribution in [1.29, 1.82) is 0 Å². The first kappa shape index (κ1) is 19.0. The van der Waals surface area contributed by atoms with Crippen LogP contribution in [0, 0.1) is 0 Å². The maximum Gasteiger partial charge on any atom is 0.226 e. The van der Waals surface area contributed by atoms with Crippen LogP contribution in [0.1, 0.15) is 43.4 Å². The zero-order valence-electron chi connectivity index (χ0n) is 17.4. The Kier molecular flexibility index (Phi) is 4.67. The summed E-state index contributed by atoms with van der Waals surface area (Å²) in [5.74, 6) is 0.153. The van der Waals surface area contributed by atoms with Crippen LogP contribution in [0.5, 0.6) is 0 Å². The summed E-state index contributed by atoms with van der Waals surface area (Å²) >= 11 is 0. The summed E-state index contributed by atoms with van der Waals surface area (Å²) in [6, 6.07) is 21.0. The highest BCUT2D eigenvalue weighted by Crippen LogP contribution is 2.41. The highest BCUT2D eigenvalue weighted by atomic mass is 16.2. The van der Waals surface area contributed by atoms with E-state index in [9.17, 15) is 4.79 Å². The van der Waals surface area contributed by atoms with Crippen LogP contribution in [0.25, 0.3) is 22.4 Å². The molecule has 0 atom stereocenters. The van der Waals surface area contributed by atoms with Gasteiger partial charge in [-0.05, 0) is 49.3 Å². The number of benzene rings is 2. The zero-order chi connectivity index (χ0) is 20.7. The van der Waals surface area contributed by atoms with E-state index in [-0.39, 0.29) is 11.4 Å². The third-order valence-corrected chi connectivity index (χ3v) is 6.68. The fourth-order valence-electron chi connectivity index (χ4n) is 4.59. The van der Waals surface area contributed by atoms with Gasteiger partial charge in [-0.25, -0.2) is 0 Å². The predicted octanol–water partition coefficient (Wildman–Crippen LogP) is 5.05. The van der Waals surface area contributed by atoms with E-state index in [2.05, 4.69) is 42.5 Å². The molecule has 2 N–H and O–H groups in total. The van der Waals surface area contributed by atoms with Gasteiger partial charge in [0.15, 0.2) is 0 Å². The molecule has 2 heterocycles. The van der Waals surface area contributed by atoms with E-state index in [4.69, 9.17) is 10.7 Å². The van der Waals surface area contributed by atoms with Crippen LogP contribution in [-0.2, 0) is 16.8 Å². The van der Waals surface area contributed by atoms with Crippen LogP contribution in [0.3, 0.4) is 0 Å². The molecule has 0 saturated heterocycles. The van der Waals surface area contributed by atoms with Crippen LogP contribution in [0.15, 0.2) is 60.7 Å². The van der Waals surface area contributed by atoms with Crippen molar-refractivity contribution in [3.05, 3.63) is 71.9 Å². The number of amides is 1. The second kappa shape index (κ2) is 7.37. The lowest BCUT2D eigenvalue weighted by Gasteiger charge is -2.38. The van der Waals surface area contributed by atoms with Crippen molar-refractivity contribution in [1.82, 2.24) is 4.98 Å². The van der Waals surface area contributed by atoms with Crippen molar-refractivity contribution in [2.45, 2.75) is 44.1 Å². The molecule has 3 aromatic rings. The Bertz CT molecular complexity index is 1090. The molecule has 30 heavy (non-hydrogen) atoms. The van der Waals surface area contributed by atoms with Gasteiger partial charge < -0.3 is 10.6 Å². The lowest BCUT2D eigenvalue weighted by atomic mass is 9.72. The monoisotopic (exact) mass is 397 g/mol. The zero-order valence-corrected chi connectivity index (χ0v) is 17.4. The topological polar surface area (TPSA) is 59.2 Å². The van der Waals surface area contributed by atoms with Crippen molar-refractivity contribution >= 4 is 11.6 Å². The van der Waals surface area contributed by atoms with Gasteiger partial charge in [0.25, 0.3) is 0 Å². The van der Waals surface area contributed by atoms with Gasteiger partial charge in [-0.15, -0.1) is 0 Å². The number of pyridine rings is 1. The van der Waals surface area contributed by atoms with Gasteiger partial charge in [0.1, 0.15) is 0 Å². The largest absolute Gasteiger partial charge is 0.321 e. The van der Waals surface area contributed by atoms with E-state index in [0.717, 1.165) is 59.4 Å². The Hall–Kier alpha value is -2.98. The van der Waals surface area contributed by atoms with E-state index < -0.39 is 0 Å². The van der Waals surface area contributed by atoms with E-state index in [0.29, 0.717) is 6.42 Å². The number of aromatic nitrogens is 1. The number of nitrogens with two attached hydrogens (primary N) is 1. The molecule has 0 unspecified atom stereocenters. The van der Waals surface area contributed by atoms with Gasteiger partial charge in [-0.1, -0.05) is 54.6 Å². The number of aryl methyl sites for hydroxylation is 1. The van der Waals surface area contributed by atoms with Crippen LogP contribution >= 0.6 is 0 Å². The summed E-state index contributed by atoms with van der Waals surface area (Å²) < 4.78 is 0. The molecule has 5 rings (SSSR count). The molecule has 1 aromatic heterocycles. The fraction of sp³-hybridized carbons (Fsp3) is 0.308. The molecule has 0 radical (unpaired) electrons. The number of carbonyl (C=O) groups excluding carboxylic acids is 1. The first-order chi connectivity index (χ1) is 14.5. The van der Waals surface area contributed by atoms with Gasteiger partial charge in [0, 0.05) is 30.1 Å². The molecule has 2 aliphatic rings. The van der Waals surface area contributed by atoms with Crippen molar-refractivity contribution in [2.24, 2.45) is 5.73 Å². The molecule has 1 saturated carbocycles. The van der Waals surface area contributed by atoms with E-state index in [1.807, 2.05) is 25.2 Å². The minimum atomic E-state index is -0.162. The average molecular weight is 398 g/mol. The Morgan fingerprint density at radius 2 is 1.67 bits per heavy atom. The number of fused-ring (bicyclic) bond motifs is 1. The summed E-state index contributed by atoms with van der Waals surface area (Å²) in [4.78, 5) is 19.3. The smallest absolute Gasteiger partial charge is 0.226 e. The molecular formula is C26H27N3O. The second-order valence-electron chi connectivity index (χ2n) is 8.61. The van der Waals surface area contributed by atoms with Crippen LogP contribution in [0.2, 0.25) is 0 Å². The quantitative estimate of drug-likeness (QED) is 0.673. The number of rotatable bonds is 3. The van der Waals surface area contributed by atoms with Crippen molar-refractivity contribution in [3.8, 4) is 22.4 Å². The van der Waals surface area contributed by atoms with Crippen molar-refractivity contribution in [2.75, 3.05) is 11.9 Å². The standard InChI is InChI=1S/C26H27N3O/c1-29-23-17-21(18-7-3-2-4-8-18)25(28-22(23)9-5-10-24(29)30)19-11-13-20(14-12-19)26(27)15-6-16-26/h2-4,7-8,11-14,17H,5-6,9-10,15-16,27H2,1H3. The molecular weight excluding hydrogens is 370 g/mol. The normalized spacial score (nSPS) is 17.8. The molecule has 2 aromatic carbocycles. The fourth-order valence-corrected chi connectivity index (χ4v) is 4.59. The van der Waals surface area contributed by atoms with Crippen LogP contribution in [-0.4, -0.2) is 17.9 Å². The van der Waals surface area contributed by atoms with E-state index in [1.165, 1.54) is 12.0 Å². The highest BCUT2D eigenvalue weighted by molar-refractivity contribution is 5.96. The maximum absolute atomic E-state index is 12.4. The lowest BCUT2D eigenvalue weighted by molar-refractivity contribution is -0.118. The summed E-state index contributed by atoms with van der Waals surface area (Å²) in [6.07, 6.45) is 5.53. The maximum atomic E-state index is 12.4. The van der Waals surface area contributed by atoms with Gasteiger partial charge in [-0.3, -0.25) is 9.78 Å². The molecule has 152 valence electrons. The van der Waals surface area contributed by atoms with Crippen LogP contribution < -0.4 is 10.6 Å². The minimum absolute atomic E-state index is 0.153. The van der Waals surface area contributed by atoms with Crippen molar-refractivity contribution < 1.29 is 4.79 Å². The molecule has 1 aliphatic heterocycles. The minimum Gasteiger partial charge on any atom is -0.321 e. The van der Waals surface area contributed by atoms with Gasteiger partial charge in [0.05, 0.1) is 17.1 Å². The van der Waals surface area contributed by atoms with Crippen molar-refractivity contribution in [3.63, 3.8) is 0 Å². The number of hydrogen-bond acceptors (Lipinski definition) is 3. The third kappa shape index (κ3) is 3.21. The Balaban J connectivity index is 1.65. The Morgan fingerprint density at radius 1 is 0.933 bits per heavy atom. The molecule has 0 bridgehead atoms. The van der Waals surface area contributed by atoms with E-state index in [1.54, 1.807) is 4.90 Å². The second-order valence-corrected chi connectivity index (χ2v) is 8.61. The summed E-state index contributed by atoms with van der Waals surface area (Å²) in [5, 5.41) is 0. The molecule has 1 amide bonds. The number of hydrogen-bond donors (Lipinski definition) is 1. The van der Waals surface area contributed by atoms with Gasteiger partial charge in [0.2, 0.25) is 5.91 Å². The molecule has 0 spiro atoms. The molecule has 4 nitrogen and oxygen atoms in total. The lowest BCUT2D eigenvalue weighted by Crippen LogP contribution is -2.43. The summed E-state index contributed by atoms with van der Waals surface area (Å²) in [6.45, 7) is 0. The van der Waals surface area contributed by atoms with Gasteiger partial charge >= 0.3 is 0 Å². The number of anilines is 1. The Labute approximate surface area is 177 Å².